The smallest absolute Gasteiger partial charge is 0.290 e. The summed E-state index contributed by atoms with van der Waals surface area (Å²) in [5.41, 5.74) is 1.74. The molecule has 0 saturated carbocycles. The highest BCUT2D eigenvalue weighted by atomic mass is 32.1. The highest BCUT2D eigenvalue weighted by Gasteiger charge is 2.44. The van der Waals surface area contributed by atoms with Gasteiger partial charge in [-0.15, -0.1) is 11.3 Å². The number of para-hydroxylation sites is 1. The zero-order valence-corrected chi connectivity index (χ0v) is 18.6. The Labute approximate surface area is 190 Å². The molecule has 32 heavy (non-hydrogen) atoms. The average molecular weight is 450 g/mol. The summed E-state index contributed by atoms with van der Waals surface area (Å²) in [6, 6.07) is 17.6. The molecule has 0 spiro atoms. The standard InChI is InChI=1S/C25H23NO5S/c1-30-17-11-9-16(10-12-17)13-14-26-22(18-6-3-4-7-19(18)31-2)21(24(28)25(26)29)23(27)20-8-5-15-32-20/h3-12,15,22,28H,13-14H2,1-2H3. The summed E-state index contributed by atoms with van der Waals surface area (Å²) in [5.74, 6) is -0.121. The van der Waals surface area contributed by atoms with E-state index in [0.29, 0.717) is 29.2 Å². The Morgan fingerprint density at radius 1 is 1.03 bits per heavy atom. The number of Topliss-reactive ketones (excluding diaryl/α,β-unsaturated/α-hetero) is 1. The Kier molecular flexibility index (Phi) is 6.28. The molecule has 164 valence electrons. The van der Waals surface area contributed by atoms with Gasteiger partial charge in [0.1, 0.15) is 11.5 Å². The normalized spacial score (nSPS) is 15.9. The molecule has 1 amide bonds. The van der Waals surface area contributed by atoms with Crippen molar-refractivity contribution in [3.8, 4) is 11.5 Å². The lowest BCUT2D eigenvalue weighted by Crippen LogP contribution is -2.33. The summed E-state index contributed by atoms with van der Waals surface area (Å²) >= 11 is 1.28. The molecular formula is C25H23NO5S. The summed E-state index contributed by atoms with van der Waals surface area (Å²) in [6.07, 6.45) is 0.551. The Balaban J connectivity index is 1.71. The first-order valence-electron chi connectivity index (χ1n) is 10.1. The number of rotatable bonds is 8. The van der Waals surface area contributed by atoms with Gasteiger partial charge >= 0.3 is 0 Å². The number of carbonyl (C=O) groups is 2. The van der Waals surface area contributed by atoms with Gasteiger partial charge in [-0.2, -0.15) is 0 Å². The largest absolute Gasteiger partial charge is 0.503 e. The SMILES string of the molecule is COc1ccc(CCN2C(=O)C(O)=C(C(=O)c3cccs3)C2c2ccccc2OC)cc1. The third-order valence-electron chi connectivity index (χ3n) is 5.53. The van der Waals surface area contributed by atoms with Crippen LogP contribution in [0.15, 0.2) is 77.4 Å². The van der Waals surface area contributed by atoms with Gasteiger partial charge in [0.15, 0.2) is 5.76 Å². The van der Waals surface area contributed by atoms with Crippen LogP contribution in [0.4, 0.5) is 0 Å². The van der Waals surface area contributed by atoms with Crippen LogP contribution in [0.25, 0.3) is 0 Å². The maximum absolute atomic E-state index is 13.3. The summed E-state index contributed by atoms with van der Waals surface area (Å²) in [4.78, 5) is 28.4. The molecule has 2 aromatic carbocycles. The van der Waals surface area contributed by atoms with Crippen LogP contribution in [-0.2, 0) is 11.2 Å². The first kappa shape index (κ1) is 21.6. The highest BCUT2D eigenvalue weighted by Crippen LogP contribution is 2.42. The van der Waals surface area contributed by atoms with Crippen LogP contribution in [0.2, 0.25) is 0 Å². The van der Waals surface area contributed by atoms with Crippen molar-refractivity contribution in [2.24, 2.45) is 0 Å². The first-order valence-corrected chi connectivity index (χ1v) is 11.0. The Morgan fingerprint density at radius 3 is 2.44 bits per heavy atom. The second-order valence-electron chi connectivity index (χ2n) is 7.31. The number of carbonyl (C=O) groups excluding carboxylic acids is 2. The third kappa shape index (κ3) is 3.99. The number of ketones is 1. The van der Waals surface area contributed by atoms with E-state index in [0.717, 1.165) is 11.3 Å². The predicted molar refractivity (Wildman–Crippen MR) is 122 cm³/mol. The maximum Gasteiger partial charge on any atom is 0.290 e. The van der Waals surface area contributed by atoms with Crippen LogP contribution >= 0.6 is 11.3 Å². The van der Waals surface area contributed by atoms with Crippen LogP contribution in [-0.4, -0.2) is 42.5 Å². The molecule has 0 radical (unpaired) electrons. The molecule has 0 bridgehead atoms. The van der Waals surface area contributed by atoms with Crippen molar-refractivity contribution in [2.75, 3.05) is 20.8 Å². The number of methoxy groups -OCH3 is 2. The van der Waals surface area contributed by atoms with E-state index in [1.807, 2.05) is 42.5 Å². The number of aliphatic hydroxyl groups excluding tert-OH is 1. The molecule has 7 heteroatoms. The van der Waals surface area contributed by atoms with Gasteiger partial charge in [0, 0.05) is 12.1 Å². The number of hydrogen-bond acceptors (Lipinski definition) is 6. The minimum Gasteiger partial charge on any atom is -0.503 e. The minimum atomic E-state index is -0.744. The van der Waals surface area contributed by atoms with E-state index >= 15 is 0 Å². The molecule has 2 heterocycles. The number of nitrogens with zero attached hydrogens (tertiary/aromatic N) is 1. The fraction of sp³-hybridized carbons (Fsp3) is 0.200. The molecular weight excluding hydrogens is 426 g/mol. The number of benzene rings is 2. The Hall–Kier alpha value is -3.58. The van der Waals surface area contributed by atoms with E-state index in [9.17, 15) is 14.7 Å². The number of hydrogen-bond donors (Lipinski definition) is 1. The van der Waals surface area contributed by atoms with Gasteiger partial charge < -0.3 is 19.5 Å². The van der Waals surface area contributed by atoms with E-state index in [1.165, 1.54) is 16.2 Å². The van der Waals surface area contributed by atoms with Crippen molar-refractivity contribution < 1.29 is 24.2 Å². The summed E-state index contributed by atoms with van der Waals surface area (Å²) in [6.45, 7) is 0.319. The van der Waals surface area contributed by atoms with Crippen molar-refractivity contribution in [1.82, 2.24) is 4.90 Å². The number of ether oxygens (including phenoxy) is 2. The van der Waals surface area contributed by atoms with Crippen molar-refractivity contribution >= 4 is 23.0 Å². The Morgan fingerprint density at radius 2 is 1.78 bits per heavy atom. The molecule has 1 unspecified atom stereocenters. The van der Waals surface area contributed by atoms with E-state index in [4.69, 9.17) is 9.47 Å². The van der Waals surface area contributed by atoms with E-state index < -0.39 is 17.7 Å². The molecule has 4 rings (SSSR count). The summed E-state index contributed by atoms with van der Waals surface area (Å²) < 4.78 is 10.7. The lowest BCUT2D eigenvalue weighted by Gasteiger charge is -2.28. The number of aliphatic hydroxyl groups is 1. The van der Waals surface area contributed by atoms with Gasteiger partial charge in [-0.1, -0.05) is 36.4 Å². The summed E-state index contributed by atoms with van der Waals surface area (Å²) in [5, 5.41) is 12.6. The van der Waals surface area contributed by atoms with E-state index in [-0.39, 0.29) is 11.4 Å². The fourth-order valence-electron chi connectivity index (χ4n) is 3.91. The van der Waals surface area contributed by atoms with Gasteiger partial charge in [0.2, 0.25) is 5.78 Å². The van der Waals surface area contributed by atoms with Gasteiger partial charge in [-0.05, 0) is 41.6 Å². The molecule has 1 aliphatic heterocycles. The zero-order valence-electron chi connectivity index (χ0n) is 17.8. The van der Waals surface area contributed by atoms with Crippen LogP contribution in [0.5, 0.6) is 11.5 Å². The lowest BCUT2D eigenvalue weighted by atomic mass is 9.94. The number of thiophene rings is 1. The van der Waals surface area contributed by atoms with Crippen molar-refractivity contribution in [3.63, 3.8) is 0 Å². The van der Waals surface area contributed by atoms with Crippen molar-refractivity contribution in [1.29, 1.82) is 0 Å². The molecule has 1 aromatic heterocycles. The molecule has 0 aliphatic carbocycles. The highest BCUT2D eigenvalue weighted by molar-refractivity contribution is 7.12. The third-order valence-corrected chi connectivity index (χ3v) is 6.40. The van der Waals surface area contributed by atoms with Gasteiger partial charge in [0.05, 0.1) is 30.7 Å². The van der Waals surface area contributed by atoms with Gasteiger partial charge in [0.25, 0.3) is 5.91 Å². The van der Waals surface area contributed by atoms with Crippen LogP contribution in [0, 0.1) is 0 Å². The van der Waals surface area contributed by atoms with Gasteiger partial charge in [-0.3, -0.25) is 9.59 Å². The quantitative estimate of drug-likeness (QED) is 0.509. The monoisotopic (exact) mass is 449 g/mol. The van der Waals surface area contributed by atoms with Crippen molar-refractivity contribution in [2.45, 2.75) is 12.5 Å². The van der Waals surface area contributed by atoms with E-state index in [2.05, 4.69) is 0 Å². The average Bonchev–Trinajstić information content (AvgIpc) is 3.45. The van der Waals surface area contributed by atoms with Crippen LogP contribution < -0.4 is 9.47 Å². The fourth-order valence-corrected chi connectivity index (χ4v) is 4.59. The number of amides is 1. The molecule has 1 N–H and O–H groups in total. The van der Waals surface area contributed by atoms with Crippen molar-refractivity contribution in [3.05, 3.63) is 93.4 Å². The summed E-state index contributed by atoms with van der Waals surface area (Å²) in [7, 11) is 3.15. The zero-order chi connectivity index (χ0) is 22.7. The van der Waals surface area contributed by atoms with Crippen LogP contribution in [0.1, 0.15) is 26.8 Å². The second-order valence-corrected chi connectivity index (χ2v) is 8.26. The first-order chi connectivity index (χ1) is 15.5. The molecule has 1 aliphatic rings. The maximum atomic E-state index is 13.3. The molecule has 6 nitrogen and oxygen atoms in total. The molecule has 1 atom stereocenters. The van der Waals surface area contributed by atoms with Gasteiger partial charge in [-0.25, -0.2) is 0 Å². The van der Waals surface area contributed by atoms with Crippen LogP contribution in [0.3, 0.4) is 0 Å². The molecule has 0 saturated heterocycles. The molecule has 0 fully saturated rings. The minimum absolute atomic E-state index is 0.0803. The second kappa shape index (κ2) is 9.28. The Bertz CT molecular complexity index is 1150. The van der Waals surface area contributed by atoms with E-state index in [1.54, 1.807) is 37.8 Å². The lowest BCUT2D eigenvalue weighted by molar-refractivity contribution is -0.129. The topological polar surface area (TPSA) is 76.1 Å². The predicted octanol–water partition coefficient (Wildman–Crippen LogP) is 4.59. The molecule has 3 aromatic rings.